The second kappa shape index (κ2) is 9.47. The molecule has 0 bridgehead atoms. The van der Waals surface area contributed by atoms with Gasteiger partial charge >= 0.3 is 12.6 Å². The van der Waals surface area contributed by atoms with Crippen molar-refractivity contribution in [3.05, 3.63) is 66.2 Å². The van der Waals surface area contributed by atoms with Crippen molar-refractivity contribution in [3.8, 4) is 5.75 Å². The van der Waals surface area contributed by atoms with E-state index < -0.39 is 18.7 Å². The fraction of sp³-hybridized carbons (Fsp3) is 0.200. The van der Waals surface area contributed by atoms with Crippen LogP contribution in [0.25, 0.3) is 6.08 Å². The van der Waals surface area contributed by atoms with Crippen molar-refractivity contribution in [2.75, 3.05) is 11.9 Å². The minimum absolute atomic E-state index is 0.0212. The normalized spacial score (nSPS) is 12.0. The van der Waals surface area contributed by atoms with Crippen molar-refractivity contribution in [1.82, 2.24) is 0 Å². The fourth-order valence-electron chi connectivity index (χ4n) is 2.24. The zero-order valence-corrected chi connectivity index (χ0v) is 14.8. The molecule has 2 aromatic rings. The molecule has 0 fully saturated rings. The Morgan fingerprint density at radius 2 is 1.67 bits per heavy atom. The molecule has 0 radical (unpaired) electrons. The quantitative estimate of drug-likeness (QED) is 0.544. The number of carbonyl (C=O) groups is 2. The summed E-state index contributed by atoms with van der Waals surface area (Å²) in [7, 11) is 1.60. The van der Waals surface area contributed by atoms with Gasteiger partial charge in [0.15, 0.2) is 6.10 Å². The number of amides is 1. The number of alkyl halides is 2. The van der Waals surface area contributed by atoms with Crippen LogP contribution in [0.2, 0.25) is 0 Å². The molecular formula is C20H19F2NO4. The van der Waals surface area contributed by atoms with Crippen LogP contribution in [0.1, 0.15) is 12.5 Å². The molecule has 0 N–H and O–H groups in total. The molecule has 5 nitrogen and oxygen atoms in total. The number of hydrogen-bond donors (Lipinski definition) is 0. The molecule has 7 heteroatoms. The first-order chi connectivity index (χ1) is 12.9. The van der Waals surface area contributed by atoms with Gasteiger partial charge in [0.2, 0.25) is 0 Å². The van der Waals surface area contributed by atoms with Crippen LogP contribution in [-0.4, -0.2) is 31.6 Å². The average molecular weight is 375 g/mol. The standard InChI is InChI=1S/C20H19F2NO4/c1-14(19(25)23(2)16-6-4-3-5-7-16)26-18(24)13-10-15-8-11-17(12-9-15)27-20(21)22/h3-14,20H,1-2H3/b13-10+. The van der Waals surface area contributed by atoms with E-state index in [2.05, 4.69) is 4.74 Å². The molecule has 0 spiro atoms. The lowest BCUT2D eigenvalue weighted by Gasteiger charge is -2.21. The smallest absolute Gasteiger partial charge is 0.387 e. The molecule has 1 unspecified atom stereocenters. The predicted octanol–water partition coefficient (Wildman–Crippen LogP) is 3.90. The van der Waals surface area contributed by atoms with Gasteiger partial charge in [-0.05, 0) is 42.8 Å². The van der Waals surface area contributed by atoms with Gasteiger partial charge in [0, 0.05) is 18.8 Å². The topological polar surface area (TPSA) is 55.8 Å². The van der Waals surface area contributed by atoms with E-state index in [9.17, 15) is 18.4 Å². The van der Waals surface area contributed by atoms with Crippen molar-refractivity contribution >= 4 is 23.6 Å². The van der Waals surface area contributed by atoms with E-state index >= 15 is 0 Å². The molecule has 0 aliphatic carbocycles. The van der Waals surface area contributed by atoms with Gasteiger partial charge in [-0.1, -0.05) is 30.3 Å². The largest absolute Gasteiger partial charge is 0.449 e. The maximum Gasteiger partial charge on any atom is 0.387 e. The van der Waals surface area contributed by atoms with Crippen LogP contribution in [0.4, 0.5) is 14.5 Å². The first-order valence-corrected chi connectivity index (χ1v) is 8.13. The second-order valence-corrected chi connectivity index (χ2v) is 5.59. The fourth-order valence-corrected chi connectivity index (χ4v) is 2.24. The van der Waals surface area contributed by atoms with E-state index in [1.54, 1.807) is 31.3 Å². The summed E-state index contributed by atoms with van der Waals surface area (Å²) in [5.74, 6) is -1.03. The first-order valence-electron chi connectivity index (χ1n) is 8.13. The minimum Gasteiger partial charge on any atom is -0.449 e. The van der Waals surface area contributed by atoms with Gasteiger partial charge in [-0.25, -0.2) is 4.79 Å². The maximum atomic E-state index is 12.3. The Morgan fingerprint density at radius 3 is 2.26 bits per heavy atom. The predicted molar refractivity (Wildman–Crippen MR) is 97.5 cm³/mol. The Balaban J connectivity index is 1.90. The monoisotopic (exact) mass is 375 g/mol. The number of carbonyl (C=O) groups excluding carboxylic acids is 2. The van der Waals surface area contributed by atoms with E-state index in [1.165, 1.54) is 42.2 Å². The summed E-state index contributed by atoms with van der Waals surface area (Å²) in [6.45, 7) is -1.40. The van der Waals surface area contributed by atoms with Gasteiger partial charge in [0.1, 0.15) is 5.75 Å². The lowest BCUT2D eigenvalue weighted by molar-refractivity contribution is -0.148. The Labute approximate surface area is 155 Å². The summed E-state index contributed by atoms with van der Waals surface area (Å²) >= 11 is 0. The summed E-state index contributed by atoms with van der Waals surface area (Å²) in [5.41, 5.74) is 1.28. The van der Waals surface area contributed by atoms with Gasteiger partial charge in [-0.3, -0.25) is 4.79 Å². The maximum absolute atomic E-state index is 12.3. The number of likely N-dealkylation sites (N-methyl/N-ethyl adjacent to an activating group) is 1. The van der Waals surface area contributed by atoms with Crippen molar-refractivity contribution < 1.29 is 27.8 Å². The third kappa shape index (κ3) is 6.22. The first kappa shape index (κ1) is 20.1. The van der Waals surface area contributed by atoms with Gasteiger partial charge in [0.05, 0.1) is 0 Å². The van der Waals surface area contributed by atoms with Crippen LogP contribution in [-0.2, 0) is 14.3 Å². The summed E-state index contributed by atoms with van der Waals surface area (Å²) in [5, 5.41) is 0. The third-order valence-corrected chi connectivity index (χ3v) is 3.63. The Bertz CT molecular complexity index is 791. The second-order valence-electron chi connectivity index (χ2n) is 5.59. The highest BCUT2D eigenvalue weighted by Gasteiger charge is 2.21. The van der Waals surface area contributed by atoms with Gasteiger partial charge in [0.25, 0.3) is 5.91 Å². The zero-order valence-electron chi connectivity index (χ0n) is 14.8. The van der Waals surface area contributed by atoms with Gasteiger partial charge in [-0.15, -0.1) is 0 Å². The van der Waals surface area contributed by atoms with Gasteiger partial charge in [-0.2, -0.15) is 8.78 Å². The number of nitrogens with zero attached hydrogens (tertiary/aromatic N) is 1. The molecule has 0 aromatic heterocycles. The number of halogens is 2. The highest BCUT2D eigenvalue weighted by atomic mass is 19.3. The molecule has 2 rings (SSSR count). The van der Waals surface area contributed by atoms with Crippen molar-refractivity contribution in [3.63, 3.8) is 0 Å². The van der Waals surface area contributed by atoms with Crippen LogP contribution in [0.5, 0.6) is 5.75 Å². The minimum atomic E-state index is -2.89. The Kier molecular flexibility index (Phi) is 7.05. The molecule has 2 aromatic carbocycles. The Hall–Kier alpha value is -3.22. The molecule has 27 heavy (non-hydrogen) atoms. The van der Waals surface area contributed by atoms with E-state index in [0.29, 0.717) is 11.3 Å². The molecular weight excluding hydrogens is 356 g/mol. The van der Waals surface area contributed by atoms with Crippen LogP contribution < -0.4 is 9.64 Å². The van der Waals surface area contributed by atoms with Crippen LogP contribution in [0, 0.1) is 0 Å². The van der Waals surface area contributed by atoms with Crippen molar-refractivity contribution in [2.24, 2.45) is 0 Å². The molecule has 0 saturated heterocycles. The molecule has 0 heterocycles. The average Bonchev–Trinajstić information content (AvgIpc) is 2.66. The van der Waals surface area contributed by atoms with E-state index in [0.717, 1.165) is 6.08 Å². The lowest BCUT2D eigenvalue weighted by atomic mass is 10.2. The molecule has 0 aliphatic heterocycles. The highest BCUT2D eigenvalue weighted by Crippen LogP contribution is 2.16. The zero-order chi connectivity index (χ0) is 19.8. The number of rotatable bonds is 7. The van der Waals surface area contributed by atoms with Crippen LogP contribution in [0.15, 0.2) is 60.7 Å². The van der Waals surface area contributed by atoms with Crippen LogP contribution in [0.3, 0.4) is 0 Å². The lowest BCUT2D eigenvalue weighted by Crippen LogP contribution is -2.37. The number of anilines is 1. The number of hydrogen-bond acceptors (Lipinski definition) is 4. The number of para-hydroxylation sites is 1. The number of benzene rings is 2. The highest BCUT2D eigenvalue weighted by molar-refractivity contribution is 5.98. The molecule has 0 aliphatic rings. The number of esters is 1. The summed E-state index contributed by atoms with van der Waals surface area (Å²) in [6.07, 6.45) is 1.65. The summed E-state index contributed by atoms with van der Waals surface area (Å²) < 4.78 is 33.6. The van der Waals surface area contributed by atoms with E-state index in [1.807, 2.05) is 6.07 Å². The van der Waals surface area contributed by atoms with Crippen LogP contribution >= 0.6 is 0 Å². The van der Waals surface area contributed by atoms with Crippen molar-refractivity contribution in [2.45, 2.75) is 19.6 Å². The van der Waals surface area contributed by atoms with Gasteiger partial charge < -0.3 is 14.4 Å². The molecule has 142 valence electrons. The molecule has 0 saturated carbocycles. The van der Waals surface area contributed by atoms with E-state index in [4.69, 9.17) is 4.74 Å². The third-order valence-electron chi connectivity index (χ3n) is 3.63. The van der Waals surface area contributed by atoms with E-state index in [-0.39, 0.29) is 11.7 Å². The summed E-state index contributed by atoms with van der Waals surface area (Å²) in [4.78, 5) is 25.6. The van der Waals surface area contributed by atoms with Crippen molar-refractivity contribution in [1.29, 1.82) is 0 Å². The summed E-state index contributed by atoms with van der Waals surface area (Å²) in [6, 6.07) is 14.7. The number of ether oxygens (including phenoxy) is 2. The molecule has 1 amide bonds. The Morgan fingerprint density at radius 1 is 1.04 bits per heavy atom. The molecule has 1 atom stereocenters. The SMILES string of the molecule is CC(OC(=O)/C=C/c1ccc(OC(F)F)cc1)C(=O)N(C)c1ccccc1.